The highest BCUT2D eigenvalue weighted by Gasteiger charge is 2.43. The van der Waals surface area contributed by atoms with Gasteiger partial charge in [-0.3, -0.25) is 9.59 Å². The second kappa shape index (κ2) is 6.37. The van der Waals surface area contributed by atoms with E-state index in [1.165, 1.54) is 0 Å². The Labute approximate surface area is 139 Å². The van der Waals surface area contributed by atoms with E-state index in [0.29, 0.717) is 12.3 Å². The lowest BCUT2D eigenvalue weighted by atomic mass is 9.90. The van der Waals surface area contributed by atoms with Gasteiger partial charge < -0.3 is 5.32 Å². The van der Waals surface area contributed by atoms with Crippen LogP contribution in [-0.4, -0.2) is 11.7 Å². The molecular weight excluding hydrogens is 342 g/mol. The van der Waals surface area contributed by atoms with Crippen molar-refractivity contribution in [1.82, 2.24) is 0 Å². The van der Waals surface area contributed by atoms with Gasteiger partial charge >= 0.3 is 0 Å². The molecule has 2 unspecified atom stereocenters. The zero-order chi connectivity index (χ0) is 15.7. The van der Waals surface area contributed by atoms with E-state index in [0.717, 1.165) is 47.0 Å². The minimum atomic E-state index is 0.0440. The molecule has 0 aromatic heterocycles. The molecule has 0 saturated heterocycles. The molecule has 3 nitrogen and oxygen atoms in total. The van der Waals surface area contributed by atoms with Crippen LogP contribution in [0.4, 0.5) is 5.69 Å². The number of hydrogen-bond donors (Lipinski definition) is 1. The Morgan fingerprint density at radius 1 is 1.23 bits per heavy atom. The predicted octanol–water partition coefficient (Wildman–Crippen LogP) is 4.53. The van der Waals surface area contributed by atoms with Crippen molar-refractivity contribution in [2.75, 3.05) is 5.32 Å². The molecule has 1 N–H and O–H groups in total. The predicted molar refractivity (Wildman–Crippen MR) is 91.7 cm³/mol. The van der Waals surface area contributed by atoms with Crippen LogP contribution >= 0.6 is 15.9 Å². The first-order chi connectivity index (χ1) is 10.6. The number of halogens is 1. The monoisotopic (exact) mass is 361 g/mol. The Hall–Kier alpha value is -1.42. The third kappa shape index (κ3) is 2.76. The van der Waals surface area contributed by atoms with Gasteiger partial charge in [-0.2, -0.15) is 0 Å². The highest BCUT2D eigenvalue weighted by Crippen LogP contribution is 2.51. The number of rotatable bonds is 4. The molecule has 2 aliphatic rings. The van der Waals surface area contributed by atoms with Gasteiger partial charge in [0.25, 0.3) is 0 Å². The first-order valence-electron chi connectivity index (χ1n) is 7.96. The summed E-state index contributed by atoms with van der Waals surface area (Å²) >= 11 is 3.50. The summed E-state index contributed by atoms with van der Waals surface area (Å²) in [6.45, 7) is 1.99. The number of allylic oxidation sites excluding steroid dienone is 2. The maximum absolute atomic E-state index is 12.3. The van der Waals surface area contributed by atoms with Gasteiger partial charge in [0.2, 0.25) is 5.91 Å². The molecule has 1 saturated carbocycles. The van der Waals surface area contributed by atoms with E-state index < -0.39 is 0 Å². The minimum Gasteiger partial charge on any atom is -0.326 e. The summed E-state index contributed by atoms with van der Waals surface area (Å²) in [7, 11) is 0. The average Bonchev–Trinajstić information content (AvgIpc) is 3.05. The van der Waals surface area contributed by atoms with Crippen LogP contribution in [0.5, 0.6) is 0 Å². The molecule has 0 aliphatic heterocycles. The van der Waals surface area contributed by atoms with Gasteiger partial charge in [-0.05, 0) is 64.4 Å². The molecule has 2 atom stereocenters. The SMILES string of the molecule is CCCC(=O)Nc1ccc(C2=C(Br)C(=O)C3CCCC23)cc1. The standard InChI is InChI=1S/C18H20BrNO2/c1-2-4-15(21)20-12-9-7-11(8-10-12)16-13-5-3-6-14(13)18(22)17(16)19/h7-10,13-14H,2-6H2,1H3,(H,20,21). The molecule has 2 aliphatic carbocycles. The fraction of sp³-hybridized carbons (Fsp3) is 0.444. The topological polar surface area (TPSA) is 46.2 Å². The van der Waals surface area contributed by atoms with Gasteiger partial charge in [-0.25, -0.2) is 0 Å². The van der Waals surface area contributed by atoms with Crippen LogP contribution in [-0.2, 0) is 9.59 Å². The molecule has 1 amide bonds. The molecule has 0 heterocycles. The maximum atomic E-state index is 12.3. The molecule has 1 fully saturated rings. The van der Waals surface area contributed by atoms with Crippen LogP contribution in [0, 0.1) is 11.8 Å². The van der Waals surface area contributed by atoms with Crippen molar-refractivity contribution >= 4 is 38.9 Å². The number of Topliss-reactive ketones (excluding diaryl/α,β-unsaturated/α-hetero) is 1. The van der Waals surface area contributed by atoms with E-state index in [1.807, 2.05) is 31.2 Å². The lowest BCUT2D eigenvalue weighted by Crippen LogP contribution is -2.11. The molecule has 22 heavy (non-hydrogen) atoms. The first-order valence-corrected chi connectivity index (χ1v) is 8.75. The van der Waals surface area contributed by atoms with Crippen molar-refractivity contribution in [3.05, 3.63) is 34.3 Å². The summed E-state index contributed by atoms with van der Waals surface area (Å²) in [5.41, 5.74) is 3.05. The molecule has 1 aromatic rings. The molecule has 1 aromatic carbocycles. The highest BCUT2D eigenvalue weighted by molar-refractivity contribution is 9.12. The maximum Gasteiger partial charge on any atom is 0.224 e. The van der Waals surface area contributed by atoms with Gasteiger partial charge in [0.15, 0.2) is 5.78 Å². The fourth-order valence-electron chi connectivity index (χ4n) is 3.60. The third-order valence-electron chi connectivity index (χ3n) is 4.63. The van der Waals surface area contributed by atoms with Gasteiger partial charge in [0.05, 0.1) is 4.48 Å². The van der Waals surface area contributed by atoms with E-state index in [1.54, 1.807) is 0 Å². The Morgan fingerprint density at radius 2 is 1.91 bits per heavy atom. The van der Waals surface area contributed by atoms with Crippen molar-refractivity contribution in [1.29, 1.82) is 0 Å². The van der Waals surface area contributed by atoms with Crippen LogP contribution in [0.2, 0.25) is 0 Å². The second-order valence-electron chi connectivity index (χ2n) is 6.11. The van der Waals surface area contributed by atoms with Crippen LogP contribution in [0.25, 0.3) is 5.57 Å². The third-order valence-corrected chi connectivity index (χ3v) is 5.45. The Bertz CT molecular complexity index is 633. The summed E-state index contributed by atoms with van der Waals surface area (Å²) in [6.07, 6.45) is 4.62. The lowest BCUT2D eigenvalue weighted by molar-refractivity contribution is -0.118. The Balaban J connectivity index is 1.81. The smallest absolute Gasteiger partial charge is 0.224 e. The summed E-state index contributed by atoms with van der Waals surface area (Å²) in [4.78, 5) is 23.9. The van der Waals surface area contributed by atoms with Gasteiger partial charge in [-0.1, -0.05) is 25.5 Å². The van der Waals surface area contributed by atoms with Crippen LogP contribution < -0.4 is 5.32 Å². The van der Waals surface area contributed by atoms with Gasteiger partial charge in [-0.15, -0.1) is 0 Å². The minimum absolute atomic E-state index is 0.0440. The number of ketones is 1. The number of carbonyl (C=O) groups is 2. The van der Waals surface area contributed by atoms with Gasteiger partial charge in [0, 0.05) is 18.0 Å². The number of benzene rings is 1. The lowest BCUT2D eigenvalue weighted by Gasteiger charge is -2.14. The largest absolute Gasteiger partial charge is 0.326 e. The van der Waals surface area contributed by atoms with Crippen molar-refractivity contribution in [3.8, 4) is 0 Å². The molecule has 4 heteroatoms. The quantitative estimate of drug-likeness (QED) is 0.855. The zero-order valence-corrected chi connectivity index (χ0v) is 14.3. The summed E-state index contributed by atoms with van der Waals surface area (Å²) in [5.74, 6) is 0.844. The van der Waals surface area contributed by atoms with E-state index >= 15 is 0 Å². The van der Waals surface area contributed by atoms with E-state index in [4.69, 9.17) is 0 Å². The van der Waals surface area contributed by atoms with E-state index in [2.05, 4.69) is 21.2 Å². The normalized spacial score (nSPS) is 23.8. The number of carbonyl (C=O) groups excluding carboxylic acids is 2. The van der Waals surface area contributed by atoms with Crippen molar-refractivity contribution < 1.29 is 9.59 Å². The molecular formula is C18H20BrNO2. The molecule has 0 bridgehead atoms. The van der Waals surface area contributed by atoms with E-state index in [9.17, 15) is 9.59 Å². The van der Waals surface area contributed by atoms with Crippen LogP contribution in [0.1, 0.15) is 44.6 Å². The molecule has 116 valence electrons. The number of hydrogen-bond acceptors (Lipinski definition) is 2. The first kappa shape index (κ1) is 15.5. The number of amides is 1. The van der Waals surface area contributed by atoms with Crippen molar-refractivity contribution in [3.63, 3.8) is 0 Å². The van der Waals surface area contributed by atoms with E-state index in [-0.39, 0.29) is 17.6 Å². The Morgan fingerprint density at radius 3 is 2.59 bits per heavy atom. The number of anilines is 1. The van der Waals surface area contributed by atoms with Crippen molar-refractivity contribution in [2.24, 2.45) is 11.8 Å². The van der Waals surface area contributed by atoms with Crippen LogP contribution in [0.15, 0.2) is 28.7 Å². The fourth-order valence-corrected chi connectivity index (χ4v) is 4.42. The summed E-state index contributed by atoms with van der Waals surface area (Å²) < 4.78 is 0.755. The van der Waals surface area contributed by atoms with Crippen LogP contribution in [0.3, 0.4) is 0 Å². The molecule has 3 rings (SSSR count). The molecule has 0 spiro atoms. The number of fused-ring (bicyclic) bond motifs is 1. The number of nitrogens with one attached hydrogen (secondary N) is 1. The van der Waals surface area contributed by atoms with Crippen molar-refractivity contribution in [2.45, 2.75) is 39.0 Å². The summed E-state index contributed by atoms with van der Waals surface area (Å²) in [5, 5.41) is 2.89. The summed E-state index contributed by atoms with van der Waals surface area (Å²) in [6, 6.07) is 7.85. The zero-order valence-electron chi connectivity index (χ0n) is 12.7. The average molecular weight is 362 g/mol. The Kier molecular flexibility index (Phi) is 4.48. The second-order valence-corrected chi connectivity index (χ2v) is 6.90. The molecule has 0 radical (unpaired) electrons. The highest BCUT2D eigenvalue weighted by atomic mass is 79.9. The van der Waals surface area contributed by atoms with Gasteiger partial charge in [0.1, 0.15) is 0 Å².